The Morgan fingerprint density at radius 3 is 2.89 bits per heavy atom. The summed E-state index contributed by atoms with van der Waals surface area (Å²) in [5, 5.41) is 2.48. The van der Waals surface area contributed by atoms with Crippen molar-refractivity contribution in [1.29, 1.82) is 0 Å². The van der Waals surface area contributed by atoms with E-state index in [9.17, 15) is 9.59 Å². The van der Waals surface area contributed by atoms with E-state index in [4.69, 9.17) is 10.5 Å². The normalized spacial score (nSPS) is 10.3. The molecule has 1 rings (SSSR count). The number of amides is 2. The Balaban J connectivity index is 2.59. The summed E-state index contributed by atoms with van der Waals surface area (Å²) < 4.78 is 4.79. The monoisotopic (exact) mass is 248 g/mol. The third-order valence-corrected chi connectivity index (χ3v) is 2.05. The molecule has 0 saturated carbocycles. The number of carbonyl (C=O) groups excluding carboxylic acids is 2. The molecule has 0 aliphatic carbocycles. The van der Waals surface area contributed by atoms with E-state index in [2.05, 4.69) is 5.32 Å². The molecule has 96 valence electrons. The Hall–Kier alpha value is -2.30. The van der Waals surface area contributed by atoms with E-state index in [0.29, 0.717) is 12.3 Å². The van der Waals surface area contributed by atoms with E-state index in [1.165, 1.54) is 0 Å². The molecule has 3 N–H and O–H groups in total. The lowest BCUT2D eigenvalue weighted by atomic mass is 10.2. The molecule has 1 aromatic rings. The fraction of sp³-hybridized carbons (Fsp3) is 0.231. The van der Waals surface area contributed by atoms with Crippen LogP contribution < -0.4 is 11.1 Å². The second kappa shape index (κ2) is 7.11. The molecule has 0 fully saturated rings. The molecule has 5 heteroatoms. The molecule has 0 saturated heterocycles. The summed E-state index contributed by atoms with van der Waals surface area (Å²) in [6, 6.07) is 6.52. The van der Waals surface area contributed by atoms with Gasteiger partial charge in [0, 0.05) is 5.69 Å². The van der Waals surface area contributed by atoms with E-state index < -0.39 is 6.03 Å². The van der Waals surface area contributed by atoms with Crippen LogP contribution >= 0.6 is 0 Å². The number of anilines is 1. The quantitative estimate of drug-likeness (QED) is 0.783. The average molecular weight is 248 g/mol. The zero-order valence-electron chi connectivity index (χ0n) is 10.2. The van der Waals surface area contributed by atoms with Crippen molar-refractivity contribution in [3.63, 3.8) is 0 Å². The number of esters is 1. The van der Waals surface area contributed by atoms with Crippen LogP contribution in [-0.4, -0.2) is 18.6 Å². The third kappa shape index (κ3) is 5.16. The lowest BCUT2D eigenvalue weighted by molar-refractivity contribution is -0.142. The topological polar surface area (TPSA) is 81.4 Å². The van der Waals surface area contributed by atoms with Gasteiger partial charge >= 0.3 is 12.0 Å². The van der Waals surface area contributed by atoms with Crippen LogP contribution in [0.5, 0.6) is 0 Å². The predicted octanol–water partition coefficient (Wildman–Crippen LogP) is 2.14. The highest BCUT2D eigenvalue weighted by Crippen LogP contribution is 2.12. The van der Waals surface area contributed by atoms with Crippen LogP contribution in [0, 0.1) is 0 Å². The number of nitrogens with one attached hydrogen (secondary N) is 1. The van der Waals surface area contributed by atoms with Gasteiger partial charge in [-0.25, -0.2) is 4.79 Å². The van der Waals surface area contributed by atoms with Crippen LogP contribution in [0.2, 0.25) is 0 Å². The lowest BCUT2D eigenvalue weighted by Crippen LogP contribution is -2.19. The third-order valence-electron chi connectivity index (χ3n) is 2.05. The predicted molar refractivity (Wildman–Crippen MR) is 69.9 cm³/mol. The van der Waals surface area contributed by atoms with Crippen LogP contribution in [0.4, 0.5) is 10.5 Å². The van der Waals surface area contributed by atoms with Gasteiger partial charge in [-0.05, 0) is 24.6 Å². The standard InChI is InChI=1S/C13H16N2O3/c1-2-18-12(16)8-4-6-10-5-3-7-11(9-10)15-13(14)17/h3-7,9H,2,8H2,1H3,(H3,14,15,17). The Bertz CT molecular complexity index is 455. The molecule has 0 bridgehead atoms. The molecule has 5 nitrogen and oxygen atoms in total. The highest BCUT2D eigenvalue weighted by atomic mass is 16.5. The first-order valence-electron chi connectivity index (χ1n) is 5.60. The van der Waals surface area contributed by atoms with Gasteiger partial charge in [-0.3, -0.25) is 4.79 Å². The molecule has 2 amide bonds. The van der Waals surface area contributed by atoms with Gasteiger partial charge in [0.2, 0.25) is 0 Å². The van der Waals surface area contributed by atoms with Crippen LogP contribution in [-0.2, 0) is 9.53 Å². The van der Waals surface area contributed by atoms with Gasteiger partial charge < -0.3 is 15.8 Å². The van der Waals surface area contributed by atoms with Crippen LogP contribution in [0.25, 0.3) is 6.08 Å². The van der Waals surface area contributed by atoms with Gasteiger partial charge in [0.15, 0.2) is 0 Å². The molecule has 18 heavy (non-hydrogen) atoms. The number of ether oxygens (including phenoxy) is 1. The lowest BCUT2D eigenvalue weighted by Gasteiger charge is -2.02. The highest BCUT2D eigenvalue weighted by molar-refractivity contribution is 5.88. The fourth-order valence-electron chi connectivity index (χ4n) is 1.37. The molecule has 0 radical (unpaired) electrons. The largest absolute Gasteiger partial charge is 0.466 e. The van der Waals surface area contributed by atoms with Crippen LogP contribution in [0.15, 0.2) is 30.3 Å². The molecule has 0 atom stereocenters. The Labute approximate surface area is 106 Å². The molecular formula is C13H16N2O3. The summed E-state index contributed by atoms with van der Waals surface area (Å²) in [5.41, 5.74) is 6.50. The van der Waals surface area contributed by atoms with E-state index in [1.807, 2.05) is 6.07 Å². The molecule has 0 aromatic heterocycles. The average Bonchev–Trinajstić information content (AvgIpc) is 2.29. The number of benzene rings is 1. The van der Waals surface area contributed by atoms with Gasteiger partial charge in [0.1, 0.15) is 0 Å². The van der Waals surface area contributed by atoms with Crippen molar-refractivity contribution < 1.29 is 14.3 Å². The van der Waals surface area contributed by atoms with Gasteiger partial charge in [-0.2, -0.15) is 0 Å². The minimum atomic E-state index is -0.609. The maximum Gasteiger partial charge on any atom is 0.316 e. The van der Waals surface area contributed by atoms with Crippen molar-refractivity contribution in [1.82, 2.24) is 0 Å². The number of hydrogen-bond donors (Lipinski definition) is 2. The van der Waals surface area contributed by atoms with Gasteiger partial charge in [0.25, 0.3) is 0 Å². The fourth-order valence-corrected chi connectivity index (χ4v) is 1.37. The van der Waals surface area contributed by atoms with E-state index >= 15 is 0 Å². The second-order valence-electron chi connectivity index (χ2n) is 3.53. The van der Waals surface area contributed by atoms with E-state index in [0.717, 1.165) is 5.56 Å². The Morgan fingerprint density at radius 1 is 1.44 bits per heavy atom. The maximum absolute atomic E-state index is 11.1. The van der Waals surface area contributed by atoms with Crippen molar-refractivity contribution >= 4 is 23.8 Å². The second-order valence-corrected chi connectivity index (χ2v) is 3.53. The molecule has 0 spiro atoms. The molecular weight excluding hydrogens is 232 g/mol. The van der Waals surface area contributed by atoms with Gasteiger partial charge in [-0.15, -0.1) is 0 Å². The first-order chi connectivity index (χ1) is 8.61. The molecule has 0 aliphatic rings. The smallest absolute Gasteiger partial charge is 0.316 e. The van der Waals surface area contributed by atoms with Crippen molar-refractivity contribution in [2.24, 2.45) is 5.73 Å². The summed E-state index contributed by atoms with van der Waals surface area (Å²) in [7, 11) is 0. The highest BCUT2D eigenvalue weighted by Gasteiger charge is 1.98. The summed E-state index contributed by atoms with van der Waals surface area (Å²) in [5.74, 6) is -0.264. The number of rotatable bonds is 5. The van der Waals surface area contributed by atoms with Crippen molar-refractivity contribution in [2.75, 3.05) is 11.9 Å². The van der Waals surface area contributed by atoms with E-state index in [-0.39, 0.29) is 12.4 Å². The minimum absolute atomic E-state index is 0.224. The molecule has 0 heterocycles. The molecule has 0 aliphatic heterocycles. The number of primary amides is 1. The minimum Gasteiger partial charge on any atom is -0.466 e. The summed E-state index contributed by atoms with van der Waals surface area (Å²) in [6.07, 6.45) is 3.71. The Kier molecular flexibility index (Phi) is 5.44. The first kappa shape index (κ1) is 13.8. The zero-order chi connectivity index (χ0) is 13.4. The van der Waals surface area contributed by atoms with Gasteiger partial charge in [-0.1, -0.05) is 24.3 Å². The summed E-state index contributed by atoms with van der Waals surface area (Å²) in [4.78, 5) is 21.8. The number of hydrogen-bond acceptors (Lipinski definition) is 3. The zero-order valence-corrected chi connectivity index (χ0v) is 10.2. The number of carbonyl (C=O) groups is 2. The van der Waals surface area contributed by atoms with Crippen molar-refractivity contribution in [2.45, 2.75) is 13.3 Å². The van der Waals surface area contributed by atoms with Crippen LogP contribution in [0.3, 0.4) is 0 Å². The molecule has 1 aromatic carbocycles. The number of urea groups is 1. The SMILES string of the molecule is CCOC(=O)CC=Cc1cccc(NC(N)=O)c1. The Morgan fingerprint density at radius 2 is 2.22 bits per heavy atom. The van der Waals surface area contributed by atoms with Crippen molar-refractivity contribution in [3.8, 4) is 0 Å². The summed E-state index contributed by atoms with van der Waals surface area (Å²) >= 11 is 0. The molecule has 0 unspecified atom stereocenters. The van der Waals surface area contributed by atoms with E-state index in [1.54, 1.807) is 37.3 Å². The van der Waals surface area contributed by atoms with Gasteiger partial charge in [0.05, 0.1) is 13.0 Å². The van der Waals surface area contributed by atoms with Crippen molar-refractivity contribution in [3.05, 3.63) is 35.9 Å². The maximum atomic E-state index is 11.1. The number of nitrogens with two attached hydrogens (primary N) is 1. The first-order valence-corrected chi connectivity index (χ1v) is 5.60. The summed E-state index contributed by atoms with van der Waals surface area (Å²) in [6.45, 7) is 2.14. The van der Waals surface area contributed by atoms with Crippen LogP contribution in [0.1, 0.15) is 18.9 Å².